The van der Waals surface area contributed by atoms with Gasteiger partial charge in [0, 0.05) is 6.07 Å². The molecule has 0 atom stereocenters. The van der Waals surface area contributed by atoms with Gasteiger partial charge in [0.15, 0.2) is 5.43 Å². The number of H-pyrrole nitrogens is 1. The molecule has 0 fully saturated rings. The van der Waals surface area contributed by atoms with Gasteiger partial charge >= 0.3 is 0 Å². The molecule has 0 saturated carbocycles. The van der Waals surface area contributed by atoms with Gasteiger partial charge in [-0.3, -0.25) is 4.79 Å². The molecule has 0 aliphatic heterocycles. The third kappa shape index (κ3) is 2.03. The number of halogens is 4. The maximum Gasteiger partial charge on any atom is 0.270 e. The molecular weight excluding hydrogens is 347 g/mol. The lowest BCUT2D eigenvalue weighted by Gasteiger charge is -2.01. The van der Waals surface area contributed by atoms with Crippen LogP contribution in [-0.4, -0.2) is 4.98 Å². The second-order valence-corrected chi connectivity index (χ2v) is 3.97. The van der Waals surface area contributed by atoms with E-state index in [2.05, 4.69) is 20.9 Å². The first-order valence-electron chi connectivity index (χ1n) is 2.88. The zero-order chi connectivity index (χ0) is 9.30. The summed E-state index contributed by atoms with van der Waals surface area (Å²) in [5.74, 6) is 0. The standard InChI is InChI=1S/C6H3BrF2INO/c7-5-4(6(8)9)2(12)1-3(10)11-5/h1,6H,(H,11,12). The number of aromatic amines is 1. The molecule has 0 amide bonds. The molecule has 1 rings (SSSR count). The number of pyridine rings is 1. The summed E-state index contributed by atoms with van der Waals surface area (Å²) in [5, 5.41) is 0. The van der Waals surface area contributed by atoms with Crippen LogP contribution in [0.1, 0.15) is 12.0 Å². The Kier molecular flexibility index (Phi) is 3.22. The van der Waals surface area contributed by atoms with Crippen LogP contribution < -0.4 is 5.43 Å². The monoisotopic (exact) mass is 349 g/mol. The normalized spacial score (nSPS) is 10.8. The topological polar surface area (TPSA) is 32.9 Å². The molecule has 1 N–H and O–H groups in total. The van der Waals surface area contributed by atoms with Gasteiger partial charge in [0.25, 0.3) is 6.43 Å². The number of aromatic nitrogens is 1. The smallest absolute Gasteiger partial charge is 0.270 e. The van der Waals surface area contributed by atoms with Crippen LogP contribution >= 0.6 is 38.5 Å². The molecule has 0 unspecified atom stereocenters. The first-order chi connectivity index (χ1) is 5.52. The summed E-state index contributed by atoms with van der Waals surface area (Å²) in [6.07, 6.45) is -2.75. The van der Waals surface area contributed by atoms with Crippen molar-refractivity contribution in [3.8, 4) is 0 Å². The lowest BCUT2D eigenvalue weighted by atomic mass is 10.3. The van der Waals surface area contributed by atoms with Crippen molar-refractivity contribution in [2.75, 3.05) is 0 Å². The van der Waals surface area contributed by atoms with E-state index in [1.807, 2.05) is 22.6 Å². The Balaban J connectivity index is 3.39. The number of hydrogen-bond donors (Lipinski definition) is 1. The molecule has 0 aliphatic rings. The lowest BCUT2D eigenvalue weighted by molar-refractivity contribution is 0.148. The van der Waals surface area contributed by atoms with E-state index in [0.717, 1.165) is 6.07 Å². The van der Waals surface area contributed by atoms with Gasteiger partial charge in [-0.2, -0.15) is 0 Å². The Hall–Kier alpha value is 0.0200. The average molecular weight is 350 g/mol. The van der Waals surface area contributed by atoms with Crippen molar-refractivity contribution in [2.45, 2.75) is 6.43 Å². The number of nitrogens with one attached hydrogen (secondary N) is 1. The maximum absolute atomic E-state index is 12.2. The van der Waals surface area contributed by atoms with Crippen LogP contribution in [0.25, 0.3) is 0 Å². The fourth-order valence-electron chi connectivity index (χ4n) is 0.713. The molecule has 6 heteroatoms. The van der Waals surface area contributed by atoms with Crippen molar-refractivity contribution < 1.29 is 8.78 Å². The van der Waals surface area contributed by atoms with E-state index in [0.29, 0.717) is 3.70 Å². The molecule has 0 aromatic carbocycles. The van der Waals surface area contributed by atoms with Crippen LogP contribution in [0, 0.1) is 3.70 Å². The summed E-state index contributed by atoms with van der Waals surface area (Å²) in [5.41, 5.74) is -1.17. The van der Waals surface area contributed by atoms with Crippen LogP contribution in [0.4, 0.5) is 8.78 Å². The Labute approximate surface area is 88.6 Å². The summed E-state index contributed by atoms with van der Waals surface area (Å²) in [6.45, 7) is 0. The minimum Gasteiger partial charge on any atom is -0.344 e. The van der Waals surface area contributed by atoms with Crippen LogP contribution in [-0.2, 0) is 0 Å². The summed E-state index contributed by atoms with van der Waals surface area (Å²) in [6, 6.07) is 1.13. The molecule has 1 aromatic rings. The van der Waals surface area contributed by atoms with Crippen LogP contribution in [0.15, 0.2) is 15.5 Å². The molecular formula is C6H3BrF2INO. The molecule has 2 nitrogen and oxygen atoms in total. The molecule has 12 heavy (non-hydrogen) atoms. The fraction of sp³-hybridized carbons (Fsp3) is 0.167. The highest BCUT2D eigenvalue weighted by Crippen LogP contribution is 2.22. The first kappa shape index (κ1) is 10.1. The Morgan fingerprint density at radius 1 is 1.58 bits per heavy atom. The minimum atomic E-state index is -2.75. The number of alkyl halides is 2. The third-order valence-electron chi connectivity index (χ3n) is 1.21. The second kappa shape index (κ2) is 3.82. The first-order valence-corrected chi connectivity index (χ1v) is 4.76. The predicted octanol–water partition coefficient (Wildman–Crippen LogP) is 2.68. The largest absolute Gasteiger partial charge is 0.344 e. The van der Waals surface area contributed by atoms with Crippen molar-refractivity contribution >= 4 is 38.5 Å². The van der Waals surface area contributed by atoms with Gasteiger partial charge in [-0.15, -0.1) is 0 Å². The van der Waals surface area contributed by atoms with Crippen molar-refractivity contribution in [1.29, 1.82) is 0 Å². The Morgan fingerprint density at radius 3 is 2.58 bits per heavy atom. The molecule has 0 bridgehead atoms. The van der Waals surface area contributed by atoms with E-state index >= 15 is 0 Å². The number of rotatable bonds is 1. The average Bonchev–Trinajstić information content (AvgIpc) is 1.82. The predicted molar refractivity (Wildman–Crippen MR) is 52.4 cm³/mol. The van der Waals surface area contributed by atoms with Crippen molar-refractivity contribution in [3.63, 3.8) is 0 Å². The van der Waals surface area contributed by atoms with E-state index in [1.54, 1.807) is 0 Å². The second-order valence-electron chi connectivity index (χ2n) is 2.01. The highest BCUT2D eigenvalue weighted by atomic mass is 127. The minimum absolute atomic E-state index is 0.0504. The quantitative estimate of drug-likeness (QED) is 0.613. The molecule has 0 saturated heterocycles. The van der Waals surface area contributed by atoms with Crippen LogP contribution in [0.2, 0.25) is 0 Å². The van der Waals surface area contributed by atoms with Gasteiger partial charge in [0.05, 0.1) is 13.9 Å². The van der Waals surface area contributed by atoms with Crippen LogP contribution in [0.5, 0.6) is 0 Å². The zero-order valence-electron chi connectivity index (χ0n) is 5.57. The third-order valence-corrected chi connectivity index (χ3v) is 2.41. The highest BCUT2D eigenvalue weighted by molar-refractivity contribution is 14.1. The summed E-state index contributed by atoms with van der Waals surface area (Å²) < 4.78 is 24.9. The van der Waals surface area contributed by atoms with E-state index < -0.39 is 17.4 Å². The SMILES string of the molecule is O=c1cc(I)[nH]c(Br)c1C(F)F. The molecule has 0 aliphatic carbocycles. The van der Waals surface area contributed by atoms with Gasteiger partial charge in [-0.1, -0.05) is 0 Å². The van der Waals surface area contributed by atoms with Gasteiger partial charge < -0.3 is 4.98 Å². The van der Waals surface area contributed by atoms with Gasteiger partial charge in [0.2, 0.25) is 0 Å². The van der Waals surface area contributed by atoms with Crippen molar-refractivity contribution in [2.24, 2.45) is 0 Å². The summed E-state index contributed by atoms with van der Waals surface area (Å²) in [4.78, 5) is 13.6. The van der Waals surface area contributed by atoms with Crippen molar-refractivity contribution in [3.05, 3.63) is 30.2 Å². The van der Waals surface area contributed by atoms with E-state index in [9.17, 15) is 13.6 Å². The highest BCUT2D eigenvalue weighted by Gasteiger charge is 2.16. The van der Waals surface area contributed by atoms with Gasteiger partial charge in [-0.25, -0.2) is 8.78 Å². The van der Waals surface area contributed by atoms with Gasteiger partial charge in [0.1, 0.15) is 0 Å². The summed E-state index contributed by atoms with van der Waals surface area (Å²) in [7, 11) is 0. The van der Waals surface area contributed by atoms with Crippen LogP contribution in [0.3, 0.4) is 0 Å². The van der Waals surface area contributed by atoms with E-state index in [1.165, 1.54) is 0 Å². The summed E-state index contributed by atoms with van der Waals surface area (Å²) >= 11 is 4.70. The molecule has 1 aromatic heterocycles. The molecule has 66 valence electrons. The van der Waals surface area contributed by atoms with Gasteiger partial charge in [-0.05, 0) is 38.5 Å². The maximum atomic E-state index is 12.2. The lowest BCUT2D eigenvalue weighted by Crippen LogP contribution is -2.11. The molecule has 0 spiro atoms. The Bertz CT molecular complexity index is 352. The zero-order valence-corrected chi connectivity index (χ0v) is 9.32. The molecule has 1 heterocycles. The van der Waals surface area contributed by atoms with Crippen molar-refractivity contribution in [1.82, 2.24) is 4.98 Å². The van der Waals surface area contributed by atoms with E-state index in [-0.39, 0.29) is 4.60 Å². The number of hydrogen-bond acceptors (Lipinski definition) is 1. The Morgan fingerprint density at radius 2 is 2.17 bits per heavy atom. The van der Waals surface area contributed by atoms with E-state index in [4.69, 9.17) is 0 Å². The fourth-order valence-corrected chi connectivity index (χ4v) is 2.22. The molecule has 0 radical (unpaired) electrons.